The second kappa shape index (κ2) is 5.20. The van der Waals surface area contributed by atoms with Gasteiger partial charge in [-0.1, -0.05) is 17.9 Å². The molecule has 0 N–H and O–H groups in total. The zero-order chi connectivity index (χ0) is 14.8. The van der Waals surface area contributed by atoms with Crippen molar-refractivity contribution < 1.29 is 23.1 Å². The summed E-state index contributed by atoms with van der Waals surface area (Å²) in [5.74, 6) is -3.15. The number of rotatable bonds is 3. The first-order valence-electron chi connectivity index (χ1n) is 5.46. The van der Waals surface area contributed by atoms with E-state index in [0.29, 0.717) is 5.69 Å². The third-order valence-corrected chi connectivity index (χ3v) is 2.50. The van der Waals surface area contributed by atoms with Crippen LogP contribution in [0.25, 0.3) is 11.4 Å². The zero-order valence-corrected chi connectivity index (χ0v) is 9.96. The van der Waals surface area contributed by atoms with Crippen LogP contribution in [0.2, 0.25) is 0 Å². The number of ketones is 1. The lowest BCUT2D eigenvalue weighted by Crippen LogP contribution is -2.21. The second-order valence-corrected chi connectivity index (χ2v) is 3.89. The molecule has 1 aromatic carbocycles. The fraction of sp³-hybridized carbons (Fsp3) is 0.0769. The van der Waals surface area contributed by atoms with Crippen LogP contribution in [-0.2, 0) is 4.79 Å². The van der Waals surface area contributed by atoms with Gasteiger partial charge in [-0.2, -0.15) is 13.2 Å². The molecule has 0 fully saturated rings. The average Bonchev–Trinajstić information content (AvgIpc) is 2.91. The van der Waals surface area contributed by atoms with Crippen LogP contribution in [0.4, 0.5) is 13.2 Å². The summed E-state index contributed by atoms with van der Waals surface area (Å²) in [4.78, 5) is 14.5. The maximum atomic E-state index is 12.0. The number of alkyl halides is 3. The summed E-state index contributed by atoms with van der Waals surface area (Å²) in [7, 11) is 0. The van der Waals surface area contributed by atoms with Gasteiger partial charge in [0, 0.05) is 18.1 Å². The van der Waals surface area contributed by atoms with Crippen molar-refractivity contribution in [3.8, 4) is 5.69 Å². The minimum absolute atomic E-state index is 0.00599. The van der Waals surface area contributed by atoms with Crippen molar-refractivity contribution in [1.82, 2.24) is 9.55 Å². The van der Waals surface area contributed by atoms with Gasteiger partial charge in [-0.15, -0.1) is 0 Å². The predicted molar refractivity (Wildman–Crippen MR) is 62.6 cm³/mol. The maximum absolute atomic E-state index is 12.0. The molecular weight excluding hydrogens is 273 g/mol. The van der Waals surface area contributed by atoms with E-state index in [1.165, 1.54) is 18.5 Å². The van der Waals surface area contributed by atoms with Crippen molar-refractivity contribution in [2.24, 2.45) is 0 Å². The van der Waals surface area contributed by atoms with Gasteiger partial charge in [0.15, 0.2) is 0 Å². The van der Waals surface area contributed by atoms with E-state index in [1.54, 1.807) is 29.1 Å². The van der Waals surface area contributed by atoms with Crippen LogP contribution in [0.3, 0.4) is 0 Å². The molecule has 0 atom stereocenters. The summed E-state index contributed by atoms with van der Waals surface area (Å²) in [6.07, 6.45) is -0.209. The van der Waals surface area contributed by atoms with E-state index >= 15 is 0 Å². The Bertz CT molecular complexity index is 629. The van der Waals surface area contributed by atoms with E-state index < -0.39 is 17.7 Å². The number of carbonyl (C=O) groups excluding carboxylic acids is 1. The van der Waals surface area contributed by atoms with Crippen LogP contribution in [0.1, 0.15) is 5.56 Å². The van der Waals surface area contributed by atoms with Gasteiger partial charge in [0.1, 0.15) is 0 Å². The quantitative estimate of drug-likeness (QED) is 0.635. The molecule has 2 aromatic rings. The molecule has 0 amide bonds. The Labute approximate surface area is 111 Å². The lowest BCUT2D eigenvalue weighted by Gasteiger charge is -2.13. The molecule has 0 saturated heterocycles. The fourth-order valence-corrected chi connectivity index (χ4v) is 1.49. The summed E-state index contributed by atoms with van der Waals surface area (Å²) >= 11 is 0. The molecule has 0 aliphatic carbocycles. The van der Waals surface area contributed by atoms with E-state index in [9.17, 15) is 23.1 Å². The van der Waals surface area contributed by atoms with Gasteiger partial charge in [0.2, 0.25) is 0 Å². The van der Waals surface area contributed by atoms with Crippen LogP contribution < -0.4 is 5.11 Å². The maximum Gasteiger partial charge on any atom is 0.454 e. The highest BCUT2D eigenvalue weighted by molar-refractivity contribution is 5.98. The van der Waals surface area contributed by atoms with E-state index in [2.05, 4.69) is 4.98 Å². The highest BCUT2D eigenvalue weighted by Crippen LogP contribution is 2.19. The SMILES string of the molecule is O=C(/C=C(\[O-])c1ccc(-n2ccnc2)cc1)C(F)(F)F. The van der Waals surface area contributed by atoms with Crippen LogP contribution in [0.15, 0.2) is 49.1 Å². The highest BCUT2D eigenvalue weighted by Gasteiger charge is 2.36. The first-order chi connectivity index (χ1) is 9.38. The molecule has 1 aromatic heterocycles. The van der Waals surface area contributed by atoms with E-state index in [4.69, 9.17) is 0 Å². The predicted octanol–water partition coefficient (Wildman–Crippen LogP) is 1.70. The van der Waals surface area contributed by atoms with E-state index in [0.717, 1.165) is 0 Å². The standard InChI is InChI=1S/C13H9F3N2O2/c14-13(15,16)12(20)7-11(19)9-1-3-10(4-2-9)18-6-5-17-8-18/h1-8,19H/p-1/b11-7-. The van der Waals surface area contributed by atoms with Gasteiger partial charge in [0.25, 0.3) is 5.78 Å². The number of hydrogen-bond donors (Lipinski definition) is 0. The van der Waals surface area contributed by atoms with Crippen LogP contribution in [-0.4, -0.2) is 21.5 Å². The average molecular weight is 281 g/mol. The first-order valence-corrected chi connectivity index (χ1v) is 5.46. The molecule has 0 bridgehead atoms. The monoisotopic (exact) mass is 281 g/mol. The molecule has 7 heteroatoms. The molecule has 20 heavy (non-hydrogen) atoms. The van der Waals surface area contributed by atoms with Crippen LogP contribution in [0, 0.1) is 0 Å². The number of imidazole rings is 1. The van der Waals surface area contributed by atoms with Gasteiger partial charge in [0.05, 0.1) is 6.33 Å². The third kappa shape index (κ3) is 3.05. The zero-order valence-electron chi connectivity index (χ0n) is 9.96. The lowest BCUT2D eigenvalue weighted by molar-refractivity contribution is -0.244. The number of hydrogen-bond acceptors (Lipinski definition) is 3. The van der Waals surface area contributed by atoms with Gasteiger partial charge in [-0.05, 0) is 23.8 Å². The Balaban J connectivity index is 2.22. The number of benzene rings is 1. The normalized spacial score (nSPS) is 12.4. The Hall–Kier alpha value is -2.57. The summed E-state index contributed by atoms with van der Waals surface area (Å²) in [5, 5.41) is 11.5. The summed E-state index contributed by atoms with van der Waals surface area (Å²) in [6, 6.07) is 5.78. The molecule has 0 aliphatic rings. The number of nitrogens with zero attached hydrogens (tertiary/aromatic N) is 2. The summed E-state index contributed by atoms with van der Waals surface area (Å²) in [5.41, 5.74) is 0.702. The van der Waals surface area contributed by atoms with Crippen molar-refractivity contribution in [1.29, 1.82) is 0 Å². The lowest BCUT2D eigenvalue weighted by atomic mass is 10.1. The van der Waals surface area contributed by atoms with Gasteiger partial charge < -0.3 is 9.67 Å². The Morgan fingerprint density at radius 2 is 1.90 bits per heavy atom. The van der Waals surface area contributed by atoms with E-state index in [-0.39, 0.29) is 11.6 Å². The van der Waals surface area contributed by atoms with Crippen LogP contribution >= 0.6 is 0 Å². The van der Waals surface area contributed by atoms with Crippen LogP contribution in [0.5, 0.6) is 0 Å². The van der Waals surface area contributed by atoms with E-state index in [1.807, 2.05) is 0 Å². The largest absolute Gasteiger partial charge is 0.872 e. The Morgan fingerprint density at radius 1 is 1.25 bits per heavy atom. The molecule has 4 nitrogen and oxygen atoms in total. The molecule has 0 unspecified atom stereocenters. The minimum Gasteiger partial charge on any atom is -0.872 e. The Morgan fingerprint density at radius 3 is 2.40 bits per heavy atom. The number of allylic oxidation sites excluding steroid dienone is 1. The fourth-order valence-electron chi connectivity index (χ4n) is 1.49. The van der Waals surface area contributed by atoms with Crippen molar-refractivity contribution in [2.75, 3.05) is 0 Å². The smallest absolute Gasteiger partial charge is 0.454 e. The van der Waals surface area contributed by atoms with Crippen molar-refractivity contribution >= 4 is 11.5 Å². The van der Waals surface area contributed by atoms with Crippen molar-refractivity contribution in [3.05, 3.63) is 54.6 Å². The molecule has 1 heterocycles. The second-order valence-electron chi connectivity index (χ2n) is 3.89. The van der Waals surface area contributed by atoms with Crippen molar-refractivity contribution in [3.63, 3.8) is 0 Å². The Kier molecular flexibility index (Phi) is 3.60. The molecule has 2 rings (SSSR count). The molecule has 104 valence electrons. The number of aromatic nitrogens is 2. The molecule has 0 saturated carbocycles. The molecule has 0 radical (unpaired) electrons. The molecule has 0 aliphatic heterocycles. The highest BCUT2D eigenvalue weighted by atomic mass is 19.4. The molecular formula is C13H8F3N2O2-. The van der Waals surface area contributed by atoms with Gasteiger partial charge >= 0.3 is 6.18 Å². The number of halogens is 3. The first kappa shape index (κ1) is 13.9. The third-order valence-electron chi connectivity index (χ3n) is 2.50. The topological polar surface area (TPSA) is 57.9 Å². The van der Waals surface area contributed by atoms with Crippen molar-refractivity contribution in [2.45, 2.75) is 6.18 Å². The number of carbonyl (C=O) groups is 1. The van der Waals surface area contributed by atoms with Gasteiger partial charge in [-0.3, -0.25) is 4.79 Å². The van der Waals surface area contributed by atoms with Gasteiger partial charge in [-0.25, -0.2) is 4.98 Å². The summed E-state index contributed by atoms with van der Waals surface area (Å²) < 4.78 is 37.8. The minimum atomic E-state index is -5.04. The molecule has 0 spiro atoms. The summed E-state index contributed by atoms with van der Waals surface area (Å²) in [6.45, 7) is 0.